The summed E-state index contributed by atoms with van der Waals surface area (Å²) in [6.45, 7) is 4.42. The number of hydrogen-bond acceptors (Lipinski definition) is 3. The second-order valence-electron chi connectivity index (χ2n) is 5.65. The molecule has 0 aromatic heterocycles. The quantitative estimate of drug-likeness (QED) is 0.208. The Hall–Kier alpha value is -2.30. The highest BCUT2D eigenvalue weighted by molar-refractivity contribution is 14.0. The van der Waals surface area contributed by atoms with Crippen LogP contribution in [0.2, 0.25) is 0 Å². The molecule has 0 aliphatic rings. The molecule has 2 aromatic rings. The molecule has 1 unspecified atom stereocenters. The van der Waals surface area contributed by atoms with Gasteiger partial charge in [0.15, 0.2) is 5.96 Å². The van der Waals surface area contributed by atoms with E-state index in [2.05, 4.69) is 15.6 Å². The third-order valence-electron chi connectivity index (χ3n) is 3.67. The first kappa shape index (κ1) is 22.7. The van der Waals surface area contributed by atoms with Crippen molar-refractivity contribution in [2.24, 2.45) is 4.99 Å². The van der Waals surface area contributed by atoms with Gasteiger partial charge in [-0.3, -0.25) is 10.1 Å². The van der Waals surface area contributed by atoms with Crippen molar-refractivity contribution in [3.05, 3.63) is 75.3 Å². The Kier molecular flexibility index (Phi) is 9.06. The van der Waals surface area contributed by atoms with E-state index >= 15 is 0 Å². The molecule has 2 aromatic carbocycles. The zero-order valence-corrected chi connectivity index (χ0v) is 17.2. The summed E-state index contributed by atoms with van der Waals surface area (Å²) in [7, 11) is 0. The van der Waals surface area contributed by atoms with Crippen LogP contribution in [0.3, 0.4) is 0 Å². The minimum absolute atomic E-state index is 0. The van der Waals surface area contributed by atoms with Gasteiger partial charge in [0.1, 0.15) is 11.6 Å². The van der Waals surface area contributed by atoms with Crippen LogP contribution in [0.15, 0.2) is 47.5 Å². The monoisotopic (exact) mass is 490 g/mol. The number of guanidine groups is 1. The fraction of sp³-hybridized carbons (Fsp3) is 0.278. The van der Waals surface area contributed by atoms with Gasteiger partial charge in [-0.15, -0.1) is 24.0 Å². The Labute approximate surface area is 173 Å². The number of rotatable bonds is 6. The first-order valence-corrected chi connectivity index (χ1v) is 8.13. The van der Waals surface area contributed by atoms with Crippen molar-refractivity contribution in [2.75, 3.05) is 6.54 Å². The smallest absolute Gasteiger partial charge is 0.269 e. The number of nitro benzene ring substituents is 1. The molecule has 2 N–H and O–H groups in total. The summed E-state index contributed by atoms with van der Waals surface area (Å²) >= 11 is 0. The predicted molar refractivity (Wildman–Crippen MR) is 111 cm³/mol. The largest absolute Gasteiger partial charge is 0.357 e. The highest BCUT2D eigenvalue weighted by atomic mass is 127. The zero-order valence-electron chi connectivity index (χ0n) is 14.9. The van der Waals surface area contributed by atoms with Crippen LogP contribution in [-0.2, 0) is 6.54 Å². The van der Waals surface area contributed by atoms with Gasteiger partial charge in [-0.2, -0.15) is 0 Å². The Morgan fingerprint density at radius 1 is 1.26 bits per heavy atom. The minimum atomic E-state index is -0.639. The summed E-state index contributed by atoms with van der Waals surface area (Å²) in [5, 5.41) is 16.9. The van der Waals surface area contributed by atoms with Crippen molar-refractivity contribution in [1.29, 1.82) is 0 Å². The average Bonchev–Trinajstić information content (AvgIpc) is 2.60. The summed E-state index contributed by atoms with van der Waals surface area (Å²) in [4.78, 5) is 14.7. The Morgan fingerprint density at radius 2 is 2.00 bits per heavy atom. The van der Waals surface area contributed by atoms with Crippen LogP contribution in [0.25, 0.3) is 0 Å². The van der Waals surface area contributed by atoms with E-state index in [4.69, 9.17) is 0 Å². The molecule has 27 heavy (non-hydrogen) atoms. The molecule has 6 nitrogen and oxygen atoms in total. The highest BCUT2D eigenvalue weighted by Crippen LogP contribution is 2.18. The summed E-state index contributed by atoms with van der Waals surface area (Å²) in [6, 6.07) is 9.17. The van der Waals surface area contributed by atoms with Gasteiger partial charge in [-0.25, -0.2) is 13.8 Å². The van der Waals surface area contributed by atoms with Gasteiger partial charge < -0.3 is 10.6 Å². The number of nitrogens with one attached hydrogen (secondary N) is 2. The fourth-order valence-corrected chi connectivity index (χ4v) is 2.39. The van der Waals surface area contributed by atoms with Crippen LogP contribution in [-0.4, -0.2) is 17.4 Å². The standard InChI is InChI=1S/C18H20F2N4O2.HI/c1-3-21-18(22-11-13-5-4-6-15(9-13)24(25)26)23-12(2)16-8-7-14(19)10-17(16)20;/h4-10,12H,3,11H2,1-2H3,(H2,21,22,23);1H. The Bertz CT molecular complexity index is 818. The van der Waals surface area contributed by atoms with E-state index in [9.17, 15) is 18.9 Å². The number of nitro groups is 1. The predicted octanol–water partition coefficient (Wildman–Crippen LogP) is 4.31. The molecule has 0 heterocycles. The maximum absolute atomic E-state index is 13.9. The van der Waals surface area contributed by atoms with Gasteiger partial charge in [0.25, 0.3) is 5.69 Å². The number of aliphatic imine (C=N–C) groups is 1. The number of halogens is 3. The lowest BCUT2D eigenvalue weighted by atomic mass is 10.1. The van der Waals surface area contributed by atoms with Crippen LogP contribution >= 0.6 is 24.0 Å². The molecular formula is C18H21F2IN4O2. The van der Waals surface area contributed by atoms with Crippen LogP contribution in [0.1, 0.15) is 31.0 Å². The third kappa shape index (κ3) is 6.74. The Morgan fingerprint density at radius 3 is 2.63 bits per heavy atom. The molecule has 0 saturated heterocycles. The molecule has 146 valence electrons. The van der Waals surface area contributed by atoms with Crippen molar-refractivity contribution in [1.82, 2.24) is 10.6 Å². The third-order valence-corrected chi connectivity index (χ3v) is 3.67. The maximum Gasteiger partial charge on any atom is 0.269 e. The van der Waals surface area contributed by atoms with E-state index in [-0.39, 0.29) is 36.2 Å². The highest BCUT2D eigenvalue weighted by Gasteiger charge is 2.13. The number of nitrogens with zero attached hydrogens (tertiary/aromatic N) is 2. The molecule has 0 amide bonds. The lowest BCUT2D eigenvalue weighted by Crippen LogP contribution is -2.39. The van der Waals surface area contributed by atoms with Crippen LogP contribution in [0.5, 0.6) is 0 Å². The first-order chi connectivity index (χ1) is 12.4. The van der Waals surface area contributed by atoms with E-state index in [1.807, 2.05) is 6.92 Å². The molecule has 0 spiro atoms. The molecule has 0 aliphatic heterocycles. The van der Waals surface area contributed by atoms with Crippen molar-refractivity contribution < 1.29 is 13.7 Å². The number of non-ortho nitro benzene ring substituents is 1. The van der Waals surface area contributed by atoms with Crippen LogP contribution in [0.4, 0.5) is 14.5 Å². The summed E-state index contributed by atoms with van der Waals surface area (Å²) in [5.74, 6) is -0.848. The van der Waals surface area contributed by atoms with Gasteiger partial charge in [-0.05, 0) is 25.5 Å². The van der Waals surface area contributed by atoms with Crippen molar-refractivity contribution >= 4 is 35.6 Å². The summed E-state index contributed by atoms with van der Waals surface area (Å²) in [5.41, 5.74) is 0.988. The second kappa shape index (κ2) is 10.8. The van der Waals surface area contributed by atoms with Gasteiger partial charge >= 0.3 is 0 Å². The number of hydrogen-bond donors (Lipinski definition) is 2. The molecule has 1 atom stereocenters. The van der Waals surface area contributed by atoms with E-state index in [1.54, 1.807) is 19.1 Å². The molecular weight excluding hydrogens is 469 g/mol. The van der Waals surface area contributed by atoms with Gasteiger partial charge in [0.2, 0.25) is 0 Å². The maximum atomic E-state index is 13.9. The molecule has 0 bridgehead atoms. The van der Waals surface area contributed by atoms with Crippen molar-refractivity contribution in [3.8, 4) is 0 Å². The molecule has 0 fully saturated rings. The minimum Gasteiger partial charge on any atom is -0.357 e. The molecule has 0 radical (unpaired) electrons. The summed E-state index contributed by atoms with van der Waals surface area (Å²) in [6.07, 6.45) is 0. The lowest BCUT2D eigenvalue weighted by Gasteiger charge is -2.18. The van der Waals surface area contributed by atoms with Gasteiger partial charge in [-0.1, -0.05) is 18.2 Å². The second-order valence-corrected chi connectivity index (χ2v) is 5.65. The van der Waals surface area contributed by atoms with Gasteiger partial charge in [0.05, 0.1) is 17.5 Å². The topological polar surface area (TPSA) is 79.6 Å². The van der Waals surface area contributed by atoms with E-state index in [0.717, 1.165) is 6.07 Å². The molecule has 2 rings (SSSR count). The zero-order chi connectivity index (χ0) is 19.1. The normalized spacial score (nSPS) is 12.1. The van der Waals surface area contributed by atoms with Crippen LogP contribution in [0, 0.1) is 21.7 Å². The summed E-state index contributed by atoms with van der Waals surface area (Å²) < 4.78 is 27.0. The number of benzene rings is 2. The van der Waals surface area contributed by atoms with E-state index in [0.29, 0.717) is 23.6 Å². The van der Waals surface area contributed by atoms with E-state index < -0.39 is 22.6 Å². The van der Waals surface area contributed by atoms with E-state index in [1.165, 1.54) is 24.3 Å². The molecule has 9 heteroatoms. The van der Waals surface area contributed by atoms with Crippen molar-refractivity contribution in [3.63, 3.8) is 0 Å². The van der Waals surface area contributed by atoms with Gasteiger partial charge in [0, 0.05) is 30.3 Å². The molecule has 0 aliphatic carbocycles. The fourth-order valence-electron chi connectivity index (χ4n) is 2.39. The Balaban J connectivity index is 0.00000364. The average molecular weight is 490 g/mol. The van der Waals surface area contributed by atoms with Crippen molar-refractivity contribution in [2.45, 2.75) is 26.4 Å². The molecule has 0 saturated carbocycles. The lowest BCUT2D eigenvalue weighted by molar-refractivity contribution is -0.384. The SMILES string of the molecule is CCNC(=NCc1cccc([N+](=O)[O-])c1)NC(C)c1ccc(F)cc1F.I. The van der Waals surface area contributed by atoms with Crippen LogP contribution < -0.4 is 10.6 Å². The first-order valence-electron chi connectivity index (χ1n) is 8.13.